The topological polar surface area (TPSA) is 61.8 Å². The van der Waals surface area contributed by atoms with Crippen molar-refractivity contribution in [1.82, 2.24) is 0 Å². The van der Waals surface area contributed by atoms with E-state index in [1.54, 1.807) is 0 Å². The molecule has 0 saturated heterocycles. The molecule has 0 saturated carbocycles. The number of esters is 2. The second-order valence-electron chi connectivity index (χ2n) is 21.0. The molecule has 5 nitrogen and oxygen atoms in total. The maximum absolute atomic E-state index is 12.9. The molecule has 0 spiro atoms. The van der Waals surface area contributed by atoms with Crippen molar-refractivity contribution in [3.05, 3.63) is 48.6 Å². The van der Waals surface area contributed by atoms with Crippen molar-refractivity contribution in [2.45, 2.75) is 335 Å². The highest BCUT2D eigenvalue weighted by Crippen LogP contribution is 2.17. The van der Waals surface area contributed by atoms with E-state index >= 15 is 0 Å². The molecule has 0 aliphatic rings. The first-order chi connectivity index (χ1) is 34.6. The van der Waals surface area contributed by atoms with Crippen LogP contribution >= 0.6 is 0 Å². The summed E-state index contributed by atoms with van der Waals surface area (Å²) in [6.45, 7) is 7.84. The van der Waals surface area contributed by atoms with E-state index in [0.29, 0.717) is 19.4 Å². The lowest BCUT2D eigenvalue weighted by atomic mass is 10.0. The van der Waals surface area contributed by atoms with E-state index in [-0.39, 0.29) is 25.2 Å². The van der Waals surface area contributed by atoms with Crippen molar-refractivity contribution in [2.75, 3.05) is 19.8 Å². The van der Waals surface area contributed by atoms with Crippen molar-refractivity contribution in [2.24, 2.45) is 0 Å². The van der Waals surface area contributed by atoms with Crippen molar-refractivity contribution in [3.63, 3.8) is 0 Å². The molecule has 0 aliphatic heterocycles. The maximum atomic E-state index is 12.9. The van der Waals surface area contributed by atoms with Gasteiger partial charge in [-0.05, 0) is 83.5 Å². The molecule has 1 unspecified atom stereocenters. The van der Waals surface area contributed by atoms with E-state index < -0.39 is 6.10 Å². The Morgan fingerprint density at radius 1 is 0.314 bits per heavy atom. The summed E-state index contributed by atoms with van der Waals surface area (Å²) in [6.07, 6.45) is 77.1. The summed E-state index contributed by atoms with van der Waals surface area (Å²) < 4.78 is 17.5. The molecule has 0 amide bonds. The van der Waals surface area contributed by atoms with Crippen LogP contribution in [0.3, 0.4) is 0 Å². The number of hydrogen-bond donors (Lipinski definition) is 0. The maximum Gasteiger partial charge on any atom is 0.306 e. The summed E-state index contributed by atoms with van der Waals surface area (Å²) in [4.78, 5) is 25.6. The number of hydrogen-bond acceptors (Lipinski definition) is 5. The minimum atomic E-state index is -0.541. The van der Waals surface area contributed by atoms with Crippen molar-refractivity contribution >= 4 is 11.9 Å². The molecule has 0 aliphatic carbocycles. The van der Waals surface area contributed by atoms with Crippen molar-refractivity contribution in [1.29, 1.82) is 0 Å². The Morgan fingerprint density at radius 2 is 0.600 bits per heavy atom. The molecule has 0 rings (SSSR count). The predicted molar refractivity (Wildman–Crippen MR) is 307 cm³/mol. The molecule has 0 N–H and O–H groups in total. The molecule has 1 atom stereocenters. The SMILES string of the molecule is CCCCC/C=C\C/C=C\C/C=C\CCCCCCCCCOCC(COC(=O)CCCCCCCCCCC/C=C\CCCCCCCC)OC(=O)CCCCCCCCCCCCCCCCC. The molecule has 0 radical (unpaired) electrons. The third-order valence-corrected chi connectivity index (χ3v) is 13.8. The standard InChI is InChI=1S/C65H120O5/c1-4-7-10-13-16-19-22-25-28-30-32-34-36-39-42-45-48-51-54-57-60-68-61-63(70-65(67)59-56-53-50-47-44-41-37-27-24-21-18-15-12-9-6-3)62-69-64(66)58-55-52-49-46-43-40-38-35-33-31-29-26-23-20-17-14-11-8-5-2/h16,19,25-26,28-29,32,34,63H,4-15,17-18,20-24,27,30-31,33,35-62H2,1-3H3/b19-16-,28-25-,29-26-,34-32-. The molecule has 70 heavy (non-hydrogen) atoms. The van der Waals surface area contributed by atoms with Gasteiger partial charge >= 0.3 is 11.9 Å². The van der Waals surface area contributed by atoms with E-state index in [2.05, 4.69) is 69.4 Å². The number of carbonyl (C=O) groups is 2. The van der Waals surface area contributed by atoms with Crippen LogP contribution in [-0.4, -0.2) is 37.9 Å². The van der Waals surface area contributed by atoms with Crippen LogP contribution in [0.5, 0.6) is 0 Å². The Morgan fingerprint density at radius 3 is 1.00 bits per heavy atom. The minimum absolute atomic E-state index is 0.0844. The summed E-state index contributed by atoms with van der Waals surface area (Å²) in [5, 5.41) is 0. The predicted octanol–water partition coefficient (Wildman–Crippen LogP) is 21.5. The number of rotatable bonds is 58. The largest absolute Gasteiger partial charge is 0.462 e. The first-order valence-electron chi connectivity index (χ1n) is 31.2. The molecule has 410 valence electrons. The highest BCUT2D eigenvalue weighted by Gasteiger charge is 2.18. The Hall–Kier alpha value is -2.14. The zero-order valence-corrected chi connectivity index (χ0v) is 47.3. The number of ether oxygens (including phenoxy) is 3. The van der Waals surface area contributed by atoms with Crippen LogP contribution < -0.4 is 0 Å². The molecule has 0 heterocycles. The summed E-state index contributed by atoms with van der Waals surface area (Å²) in [6, 6.07) is 0. The van der Waals surface area contributed by atoms with Crippen LogP contribution in [0.1, 0.15) is 329 Å². The van der Waals surface area contributed by atoms with E-state index in [1.807, 2.05) is 0 Å². The highest BCUT2D eigenvalue weighted by molar-refractivity contribution is 5.70. The first-order valence-corrected chi connectivity index (χ1v) is 31.2. The van der Waals surface area contributed by atoms with Gasteiger partial charge in [0.25, 0.3) is 0 Å². The second-order valence-corrected chi connectivity index (χ2v) is 21.0. The molecular weight excluding hydrogens is 861 g/mol. The Kier molecular flexibility index (Phi) is 59.3. The number of carbonyl (C=O) groups excluding carboxylic acids is 2. The van der Waals surface area contributed by atoms with Gasteiger partial charge in [-0.1, -0.05) is 281 Å². The van der Waals surface area contributed by atoms with E-state index in [0.717, 1.165) is 51.4 Å². The second kappa shape index (κ2) is 61.2. The fourth-order valence-corrected chi connectivity index (χ4v) is 9.16. The normalized spacial score (nSPS) is 12.4. The van der Waals surface area contributed by atoms with Crippen LogP contribution in [0.25, 0.3) is 0 Å². The van der Waals surface area contributed by atoms with Gasteiger partial charge in [-0.3, -0.25) is 9.59 Å². The summed E-state index contributed by atoms with van der Waals surface area (Å²) in [5.41, 5.74) is 0. The van der Waals surface area contributed by atoms with Gasteiger partial charge in [0, 0.05) is 19.4 Å². The van der Waals surface area contributed by atoms with Crippen LogP contribution in [0.4, 0.5) is 0 Å². The highest BCUT2D eigenvalue weighted by atomic mass is 16.6. The van der Waals surface area contributed by atoms with E-state index in [9.17, 15) is 9.59 Å². The zero-order valence-electron chi connectivity index (χ0n) is 47.3. The van der Waals surface area contributed by atoms with Gasteiger partial charge in [0.15, 0.2) is 6.10 Å². The molecule has 0 bridgehead atoms. The lowest BCUT2D eigenvalue weighted by Gasteiger charge is -2.18. The van der Waals surface area contributed by atoms with Gasteiger partial charge in [-0.25, -0.2) is 0 Å². The van der Waals surface area contributed by atoms with Gasteiger partial charge in [-0.2, -0.15) is 0 Å². The van der Waals surface area contributed by atoms with Crippen molar-refractivity contribution in [3.8, 4) is 0 Å². The smallest absolute Gasteiger partial charge is 0.306 e. The summed E-state index contributed by atoms with van der Waals surface area (Å²) in [5.74, 6) is -0.386. The van der Waals surface area contributed by atoms with Gasteiger partial charge in [0.1, 0.15) is 6.61 Å². The van der Waals surface area contributed by atoms with Gasteiger partial charge in [-0.15, -0.1) is 0 Å². The third-order valence-electron chi connectivity index (χ3n) is 13.8. The summed E-state index contributed by atoms with van der Waals surface area (Å²) in [7, 11) is 0. The fraction of sp³-hybridized carbons (Fsp3) is 0.846. The van der Waals surface area contributed by atoms with Crippen LogP contribution in [0.15, 0.2) is 48.6 Å². The lowest BCUT2D eigenvalue weighted by molar-refractivity contribution is -0.163. The minimum Gasteiger partial charge on any atom is -0.462 e. The Bertz CT molecular complexity index is 1150. The van der Waals surface area contributed by atoms with Crippen LogP contribution in [-0.2, 0) is 23.8 Å². The number of allylic oxidation sites excluding steroid dienone is 8. The zero-order chi connectivity index (χ0) is 50.6. The van der Waals surface area contributed by atoms with Crippen LogP contribution in [0, 0.1) is 0 Å². The molecule has 0 aromatic carbocycles. The number of unbranched alkanes of at least 4 members (excludes halogenated alkanes) is 39. The van der Waals surface area contributed by atoms with Crippen LogP contribution in [0.2, 0.25) is 0 Å². The monoisotopic (exact) mass is 981 g/mol. The van der Waals surface area contributed by atoms with E-state index in [1.165, 1.54) is 244 Å². The van der Waals surface area contributed by atoms with E-state index in [4.69, 9.17) is 14.2 Å². The quantitative estimate of drug-likeness (QED) is 0.0345. The average Bonchev–Trinajstić information content (AvgIpc) is 3.36. The van der Waals surface area contributed by atoms with Gasteiger partial charge in [0.2, 0.25) is 0 Å². The third kappa shape index (κ3) is 58.4. The molecule has 0 aromatic heterocycles. The van der Waals surface area contributed by atoms with Gasteiger partial charge in [0.05, 0.1) is 6.61 Å². The molecule has 0 fully saturated rings. The molecule has 0 aromatic rings. The molecule has 5 heteroatoms. The van der Waals surface area contributed by atoms with Crippen molar-refractivity contribution < 1.29 is 23.8 Å². The Balaban J connectivity index is 4.25. The average molecular weight is 982 g/mol. The van der Waals surface area contributed by atoms with Gasteiger partial charge < -0.3 is 14.2 Å². The lowest BCUT2D eigenvalue weighted by Crippen LogP contribution is -2.30. The summed E-state index contributed by atoms with van der Waals surface area (Å²) >= 11 is 0. The fourth-order valence-electron chi connectivity index (χ4n) is 9.16. The molecular formula is C65H120O5. The Labute approximate surface area is 437 Å². The first kappa shape index (κ1) is 67.9.